The molecule has 2 aromatic carbocycles. The number of ether oxygens (including phenoxy) is 1. The molecule has 0 saturated carbocycles. The SMILES string of the molecule is C[C@H]1CCCCN1Cc1c(O)ccc2c1O/C(=C/c1cn(C)c3ccccc13)C2=O. The average Bonchev–Trinajstić information content (AvgIpc) is 3.23. The quantitative estimate of drug-likeness (QED) is 0.635. The number of phenolic OH excluding ortho intramolecular Hbond substituents is 1. The predicted octanol–water partition coefficient (Wildman–Crippen LogP) is 4.87. The molecule has 30 heavy (non-hydrogen) atoms. The molecule has 0 amide bonds. The molecule has 5 heteroatoms. The van der Waals surface area contributed by atoms with Gasteiger partial charge in [0.2, 0.25) is 5.78 Å². The number of aromatic nitrogens is 1. The molecule has 5 nitrogen and oxygen atoms in total. The van der Waals surface area contributed by atoms with Gasteiger partial charge in [0, 0.05) is 42.3 Å². The Labute approximate surface area is 176 Å². The number of piperidine rings is 1. The van der Waals surface area contributed by atoms with Gasteiger partial charge in [0.1, 0.15) is 11.5 Å². The van der Waals surface area contributed by atoms with Gasteiger partial charge in [0.15, 0.2) is 5.76 Å². The minimum absolute atomic E-state index is 0.133. The minimum atomic E-state index is -0.133. The number of hydrogen-bond acceptors (Lipinski definition) is 4. The van der Waals surface area contributed by atoms with Crippen LogP contribution in [0, 0.1) is 0 Å². The summed E-state index contributed by atoms with van der Waals surface area (Å²) in [5.41, 5.74) is 3.28. The van der Waals surface area contributed by atoms with Crippen LogP contribution < -0.4 is 4.74 Å². The Hall–Kier alpha value is -3.05. The number of fused-ring (bicyclic) bond motifs is 2. The number of hydrogen-bond donors (Lipinski definition) is 1. The standard InChI is InChI=1S/C25H26N2O3/c1-16-7-5-6-12-27(16)15-20-22(28)11-10-19-24(29)23(30-25(19)20)13-17-14-26(2)21-9-4-3-8-18(17)21/h3-4,8-11,13-14,16,28H,5-7,12,15H2,1-2H3/b23-13+/t16-/m0/s1. The molecule has 0 spiro atoms. The second-order valence-electron chi connectivity index (χ2n) is 8.41. The maximum Gasteiger partial charge on any atom is 0.231 e. The largest absolute Gasteiger partial charge is 0.507 e. The third-order valence-corrected chi connectivity index (χ3v) is 6.43. The molecule has 3 heterocycles. The normalized spacial score (nSPS) is 20.7. The van der Waals surface area contributed by atoms with Gasteiger partial charge in [-0.2, -0.15) is 0 Å². The van der Waals surface area contributed by atoms with E-state index in [0.29, 0.717) is 35.2 Å². The lowest BCUT2D eigenvalue weighted by molar-refractivity contribution is 0.101. The summed E-state index contributed by atoms with van der Waals surface area (Å²) in [5, 5.41) is 11.6. The number of para-hydroxylation sites is 1. The second-order valence-corrected chi connectivity index (χ2v) is 8.41. The number of rotatable bonds is 3. The Morgan fingerprint density at radius 1 is 1.20 bits per heavy atom. The van der Waals surface area contributed by atoms with E-state index in [1.165, 1.54) is 6.42 Å². The highest BCUT2D eigenvalue weighted by Gasteiger charge is 2.32. The summed E-state index contributed by atoms with van der Waals surface area (Å²) in [6, 6.07) is 11.8. The van der Waals surface area contributed by atoms with Gasteiger partial charge in [-0.15, -0.1) is 0 Å². The van der Waals surface area contributed by atoms with Gasteiger partial charge in [-0.1, -0.05) is 24.6 Å². The van der Waals surface area contributed by atoms with Gasteiger partial charge in [-0.3, -0.25) is 9.69 Å². The number of ketones is 1. The van der Waals surface area contributed by atoms with Crippen molar-refractivity contribution >= 4 is 22.8 Å². The van der Waals surface area contributed by atoms with Crippen LogP contribution in [0.25, 0.3) is 17.0 Å². The van der Waals surface area contributed by atoms with Crippen LogP contribution in [-0.4, -0.2) is 32.9 Å². The van der Waals surface area contributed by atoms with Crippen LogP contribution in [0.15, 0.2) is 48.4 Å². The molecular formula is C25H26N2O3. The van der Waals surface area contributed by atoms with E-state index in [1.54, 1.807) is 12.1 Å². The van der Waals surface area contributed by atoms with Gasteiger partial charge in [0.25, 0.3) is 0 Å². The van der Waals surface area contributed by atoms with Crippen molar-refractivity contribution in [2.45, 2.75) is 38.8 Å². The lowest BCUT2D eigenvalue weighted by atomic mass is 10.0. The number of nitrogens with zero attached hydrogens (tertiary/aromatic N) is 2. The van der Waals surface area contributed by atoms with Gasteiger partial charge < -0.3 is 14.4 Å². The summed E-state index contributed by atoms with van der Waals surface area (Å²) in [7, 11) is 1.99. The summed E-state index contributed by atoms with van der Waals surface area (Å²) in [6.07, 6.45) is 7.37. The lowest BCUT2D eigenvalue weighted by Gasteiger charge is -2.33. The molecule has 0 radical (unpaired) electrons. The van der Waals surface area contributed by atoms with Crippen molar-refractivity contribution in [2.75, 3.05) is 6.54 Å². The van der Waals surface area contributed by atoms with Crippen molar-refractivity contribution in [3.63, 3.8) is 0 Å². The number of phenols is 1. The highest BCUT2D eigenvalue weighted by molar-refractivity contribution is 6.15. The monoisotopic (exact) mass is 402 g/mol. The van der Waals surface area contributed by atoms with E-state index in [4.69, 9.17) is 4.74 Å². The van der Waals surface area contributed by atoms with Crippen molar-refractivity contribution in [3.8, 4) is 11.5 Å². The zero-order valence-corrected chi connectivity index (χ0v) is 17.4. The Morgan fingerprint density at radius 2 is 2.03 bits per heavy atom. The first-order valence-corrected chi connectivity index (χ1v) is 10.6. The van der Waals surface area contributed by atoms with Crippen LogP contribution in [0.1, 0.15) is 47.7 Å². The third-order valence-electron chi connectivity index (χ3n) is 6.43. The van der Waals surface area contributed by atoms with Gasteiger partial charge >= 0.3 is 0 Å². The van der Waals surface area contributed by atoms with E-state index >= 15 is 0 Å². The van der Waals surface area contributed by atoms with Gasteiger partial charge in [0.05, 0.1) is 11.1 Å². The number of aromatic hydroxyl groups is 1. The third kappa shape index (κ3) is 3.10. The highest BCUT2D eigenvalue weighted by Crippen LogP contribution is 2.41. The molecule has 154 valence electrons. The summed E-state index contributed by atoms with van der Waals surface area (Å²) < 4.78 is 8.13. The Morgan fingerprint density at radius 3 is 2.87 bits per heavy atom. The summed E-state index contributed by atoms with van der Waals surface area (Å²) in [6.45, 7) is 3.80. The number of likely N-dealkylation sites (tertiary alicyclic amines) is 1. The first-order valence-electron chi connectivity index (χ1n) is 10.6. The Bertz CT molecular complexity index is 1170. The molecule has 1 fully saturated rings. The van der Waals surface area contributed by atoms with Crippen molar-refractivity contribution in [3.05, 3.63) is 65.0 Å². The number of Topliss-reactive ketones (excluding diaryl/α,β-unsaturated/α-hetero) is 1. The average molecular weight is 402 g/mol. The summed E-state index contributed by atoms with van der Waals surface area (Å²) in [5.74, 6) is 0.862. The Kier molecular flexibility index (Phi) is 4.63. The van der Waals surface area contributed by atoms with Crippen LogP contribution in [-0.2, 0) is 13.6 Å². The van der Waals surface area contributed by atoms with Crippen LogP contribution in [0.3, 0.4) is 0 Å². The molecule has 0 unspecified atom stereocenters. The van der Waals surface area contributed by atoms with E-state index in [-0.39, 0.29) is 11.5 Å². The fourth-order valence-electron chi connectivity index (χ4n) is 4.67. The zero-order chi connectivity index (χ0) is 20.8. The lowest BCUT2D eigenvalue weighted by Crippen LogP contribution is -2.36. The molecule has 1 atom stereocenters. The van der Waals surface area contributed by atoms with E-state index in [9.17, 15) is 9.90 Å². The van der Waals surface area contributed by atoms with E-state index in [0.717, 1.165) is 35.9 Å². The number of carbonyl (C=O) groups excluding carboxylic acids is 1. The van der Waals surface area contributed by atoms with Gasteiger partial charge in [-0.05, 0) is 50.6 Å². The number of allylic oxidation sites excluding steroid dienone is 1. The fraction of sp³-hybridized carbons (Fsp3) is 0.320. The molecule has 2 aliphatic heterocycles. The van der Waals surface area contributed by atoms with Crippen LogP contribution in [0.5, 0.6) is 11.5 Å². The predicted molar refractivity (Wildman–Crippen MR) is 118 cm³/mol. The smallest absolute Gasteiger partial charge is 0.231 e. The van der Waals surface area contributed by atoms with Crippen molar-refractivity contribution in [1.29, 1.82) is 0 Å². The molecule has 2 aliphatic rings. The van der Waals surface area contributed by atoms with E-state index in [1.807, 2.05) is 42.1 Å². The number of benzene rings is 2. The highest BCUT2D eigenvalue weighted by atomic mass is 16.5. The van der Waals surface area contributed by atoms with Crippen molar-refractivity contribution in [1.82, 2.24) is 9.47 Å². The van der Waals surface area contributed by atoms with Crippen LogP contribution >= 0.6 is 0 Å². The van der Waals surface area contributed by atoms with Crippen LogP contribution in [0.2, 0.25) is 0 Å². The molecule has 0 bridgehead atoms. The zero-order valence-electron chi connectivity index (χ0n) is 17.4. The molecule has 1 aromatic heterocycles. The fourth-order valence-corrected chi connectivity index (χ4v) is 4.67. The molecular weight excluding hydrogens is 376 g/mol. The second kappa shape index (κ2) is 7.33. The molecule has 0 aliphatic carbocycles. The molecule has 1 saturated heterocycles. The molecule has 5 rings (SSSR count). The Balaban J connectivity index is 1.52. The summed E-state index contributed by atoms with van der Waals surface area (Å²) >= 11 is 0. The number of aryl methyl sites for hydroxylation is 1. The van der Waals surface area contributed by atoms with Gasteiger partial charge in [-0.25, -0.2) is 0 Å². The first kappa shape index (κ1) is 18.9. The van der Waals surface area contributed by atoms with E-state index in [2.05, 4.69) is 17.9 Å². The van der Waals surface area contributed by atoms with E-state index < -0.39 is 0 Å². The number of carbonyl (C=O) groups is 1. The molecule has 1 N–H and O–H groups in total. The van der Waals surface area contributed by atoms with Crippen LogP contribution in [0.4, 0.5) is 0 Å². The topological polar surface area (TPSA) is 54.7 Å². The van der Waals surface area contributed by atoms with Crippen molar-refractivity contribution in [2.24, 2.45) is 7.05 Å². The minimum Gasteiger partial charge on any atom is -0.507 e. The molecule has 3 aromatic rings. The van der Waals surface area contributed by atoms with Crippen molar-refractivity contribution < 1.29 is 14.6 Å². The first-order chi connectivity index (χ1) is 14.5. The maximum atomic E-state index is 13.1. The maximum absolute atomic E-state index is 13.1. The summed E-state index contributed by atoms with van der Waals surface area (Å²) in [4.78, 5) is 15.4.